The number of fused-ring (bicyclic) bond motifs is 1. The SMILES string of the molecule is O=C=NC1(c2c(F)ccc3c2OCCO3)CC1. The molecule has 1 aliphatic heterocycles. The van der Waals surface area contributed by atoms with Crippen LogP contribution in [0.4, 0.5) is 4.39 Å². The number of rotatable bonds is 2. The van der Waals surface area contributed by atoms with Crippen LogP contribution in [0.2, 0.25) is 0 Å². The van der Waals surface area contributed by atoms with Crippen LogP contribution in [-0.2, 0) is 10.3 Å². The van der Waals surface area contributed by atoms with Crippen molar-refractivity contribution in [2.75, 3.05) is 13.2 Å². The average Bonchev–Trinajstić information content (AvgIpc) is 3.10. The van der Waals surface area contributed by atoms with Crippen molar-refractivity contribution >= 4 is 6.08 Å². The van der Waals surface area contributed by atoms with E-state index in [1.807, 2.05) is 0 Å². The third-order valence-electron chi connectivity index (χ3n) is 3.11. The van der Waals surface area contributed by atoms with Gasteiger partial charge in [0.25, 0.3) is 0 Å². The fourth-order valence-corrected chi connectivity index (χ4v) is 2.15. The second-order valence-corrected chi connectivity index (χ2v) is 4.18. The van der Waals surface area contributed by atoms with Gasteiger partial charge in [0.05, 0.1) is 5.56 Å². The number of benzene rings is 1. The van der Waals surface area contributed by atoms with Gasteiger partial charge in [0.1, 0.15) is 24.6 Å². The molecule has 1 aromatic carbocycles. The van der Waals surface area contributed by atoms with E-state index in [1.54, 1.807) is 0 Å². The molecule has 0 aromatic heterocycles. The third kappa shape index (κ3) is 1.51. The van der Waals surface area contributed by atoms with E-state index in [0.717, 1.165) is 0 Å². The maximum atomic E-state index is 13.9. The highest BCUT2D eigenvalue weighted by molar-refractivity contribution is 5.55. The first-order valence-corrected chi connectivity index (χ1v) is 5.44. The number of aliphatic imine (C=N–C) groups is 1. The van der Waals surface area contributed by atoms with Gasteiger partial charge in [-0.05, 0) is 25.0 Å². The summed E-state index contributed by atoms with van der Waals surface area (Å²) in [5, 5.41) is 0. The van der Waals surface area contributed by atoms with Crippen molar-refractivity contribution in [3.63, 3.8) is 0 Å². The van der Waals surface area contributed by atoms with E-state index >= 15 is 0 Å². The van der Waals surface area contributed by atoms with E-state index in [1.165, 1.54) is 18.2 Å². The number of halogens is 1. The second kappa shape index (κ2) is 3.57. The van der Waals surface area contributed by atoms with Crippen LogP contribution >= 0.6 is 0 Å². The van der Waals surface area contributed by atoms with Crippen molar-refractivity contribution in [1.29, 1.82) is 0 Å². The summed E-state index contributed by atoms with van der Waals surface area (Å²) in [4.78, 5) is 14.2. The fourth-order valence-electron chi connectivity index (χ4n) is 2.15. The van der Waals surface area contributed by atoms with Gasteiger partial charge >= 0.3 is 0 Å². The molecule has 2 aliphatic rings. The minimum Gasteiger partial charge on any atom is -0.486 e. The molecule has 0 atom stereocenters. The van der Waals surface area contributed by atoms with Crippen molar-refractivity contribution in [3.8, 4) is 11.5 Å². The normalized spacial score (nSPS) is 19.4. The second-order valence-electron chi connectivity index (χ2n) is 4.18. The summed E-state index contributed by atoms with van der Waals surface area (Å²) in [7, 11) is 0. The molecule has 0 unspecified atom stereocenters. The molecule has 1 saturated carbocycles. The number of ether oxygens (including phenoxy) is 2. The molecule has 0 spiro atoms. The Morgan fingerprint density at radius 3 is 2.76 bits per heavy atom. The standard InChI is InChI=1S/C12H10FNO3/c13-8-1-2-9-11(17-6-5-16-9)10(8)12(3-4-12)14-7-15/h1-2H,3-6H2. The van der Waals surface area contributed by atoms with E-state index in [-0.39, 0.29) is 0 Å². The van der Waals surface area contributed by atoms with Crippen LogP contribution in [0.5, 0.6) is 11.5 Å². The Morgan fingerprint density at radius 2 is 2.06 bits per heavy atom. The molecule has 1 heterocycles. The van der Waals surface area contributed by atoms with Gasteiger partial charge in [0.2, 0.25) is 6.08 Å². The van der Waals surface area contributed by atoms with E-state index < -0.39 is 11.4 Å². The van der Waals surface area contributed by atoms with Gasteiger partial charge in [-0.3, -0.25) is 0 Å². The lowest BCUT2D eigenvalue weighted by atomic mass is 10.0. The molecule has 0 amide bonds. The summed E-state index contributed by atoms with van der Waals surface area (Å²) in [5.41, 5.74) is -0.448. The Hall–Kier alpha value is -1.87. The van der Waals surface area contributed by atoms with Gasteiger partial charge in [-0.25, -0.2) is 9.18 Å². The summed E-state index contributed by atoms with van der Waals surface area (Å²) in [5.74, 6) is 0.485. The largest absolute Gasteiger partial charge is 0.486 e. The summed E-state index contributed by atoms with van der Waals surface area (Å²) in [6.07, 6.45) is 2.79. The lowest BCUT2D eigenvalue weighted by Gasteiger charge is -2.23. The highest BCUT2D eigenvalue weighted by atomic mass is 19.1. The molecule has 1 aromatic rings. The van der Waals surface area contributed by atoms with E-state index in [9.17, 15) is 9.18 Å². The van der Waals surface area contributed by atoms with Crippen molar-refractivity contribution in [2.24, 2.45) is 4.99 Å². The zero-order valence-electron chi connectivity index (χ0n) is 9.03. The first kappa shape index (κ1) is 10.3. The van der Waals surface area contributed by atoms with E-state index in [2.05, 4.69) is 4.99 Å². The number of carbonyl (C=O) groups excluding carboxylic acids is 1. The number of nitrogens with zero attached hydrogens (tertiary/aromatic N) is 1. The third-order valence-corrected chi connectivity index (χ3v) is 3.11. The van der Waals surface area contributed by atoms with Crippen LogP contribution in [0, 0.1) is 5.82 Å². The van der Waals surface area contributed by atoms with E-state index in [0.29, 0.717) is 43.1 Å². The van der Waals surface area contributed by atoms with Gasteiger partial charge < -0.3 is 9.47 Å². The van der Waals surface area contributed by atoms with Crippen LogP contribution in [0.15, 0.2) is 17.1 Å². The molecule has 4 nitrogen and oxygen atoms in total. The zero-order valence-corrected chi connectivity index (χ0v) is 9.03. The summed E-state index contributed by atoms with van der Waals surface area (Å²) in [6.45, 7) is 0.826. The summed E-state index contributed by atoms with van der Waals surface area (Å²) < 4.78 is 24.8. The first-order valence-electron chi connectivity index (χ1n) is 5.44. The van der Waals surface area contributed by atoms with E-state index in [4.69, 9.17) is 9.47 Å². The lowest BCUT2D eigenvalue weighted by molar-refractivity contribution is 0.167. The highest BCUT2D eigenvalue weighted by Gasteiger charge is 2.49. The van der Waals surface area contributed by atoms with Crippen molar-refractivity contribution in [3.05, 3.63) is 23.5 Å². The molecule has 5 heteroatoms. The summed E-state index contributed by atoms with van der Waals surface area (Å²) in [6, 6.07) is 2.86. The molecule has 1 aliphatic carbocycles. The summed E-state index contributed by atoms with van der Waals surface area (Å²) >= 11 is 0. The monoisotopic (exact) mass is 235 g/mol. The quantitative estimate of drug-likeness (QED) is 0.581. The Balaban J connectivity index is 2.18. The first-order chi connectivity index (χ1) is 8.27. The van der Waals surface area contributed by atoms with Crippen LogP contribution in [0.3, 0.4) is 0 Å². The molecule has 0 N–H and O–H groups in total. The molecule has 0 bridgehead atoms. The molecular formula is C12H10FNO3. The maximum absolute atomic E-state index is 13.9. The number of isocyanates is 1. The van der Waals surface area contributed by atoms with Gasteiger partial charge in [-0.1, -0.05) is 0 Å². The predicted molar refractivity (Wildman–Crippen MR) is 56.4 cm³/mol. The van der Waals surface area contributed by atoms with Gasteiger partial charge in [0, 0.05) is 0 Å². The van der Waals surface area contributed by atoms with Gasteiger partial charge in [-0.15, -0.1) is 0 Å². The predicted octanol–water partition coefficient (Wildman–Crippen LogP) is 1.92. The minimum atomic E-state index is -0.780. The lowest BCUT2D eigenvalue weighted by Crippen LogP contribution is -2.19. The number of hydrogen-bond acceptors (Lipinski definition) is 4. The Kier molecular flexibility index (Phi) is 2.16. The van der Waals surface area contributed by atoms with Crippen LogP contribution < -0.4 is 9.47 Å². The highest BCUT2D eigenvalue weighted by Crippen LogP contribution is 2.55. The molecule has 17 heavy (non-hydrogen) atoms. The Morgan fingerprint density at radius 1 is 1.29 bits per heavy atom. The minimum absolute atomic E-state index is 0.332. The molecule has 1 fully saturated rings. The fraction of sp³-hybridized carbons (Fsp3) is 0.417. The Labute approximate surface area is 97.1 Å². The van der Waals surface area contributed by atoms with Crippen LogP contribution in [0.25, 0.3) is 0 Å². The van der Waals surface area contributed by atoms with Crippen molar-refractivity contribution in [2.45, 2.75) is 18.4 Å². The van der Waals surface area contributed by atoms with Crippen LogP contribution in [-0.4, -0.2) is 19.3 Å². The van der Waals surface area contributed by atoms with Gasteiger partial charge in [0.15, 0.2) is 11.5 Å². The number of hydrogen-bond donors (Lipinski definition) is 0. The molecular weight excluding hydrogens is 225 g/mol. The molecule has 0 saturated heterocycles. The molecule has 88 valence electrons. The van der Waals surface area contributed by atoms with Crippen molar-refractivity contribution < 1.29 is 18.7 Å². The topological polar surface area (TPSA) is 47.9 Å². The molecule has 3 rings (SSSR count). The van der Waals surface area contributed by atoms with Gasteiger partial charge in [-0.2, -0.15) is 4.99 Å². The maximum Gasteiger partial charge on any atom is 0.235 e. The van der Waals surface area contributed by atoms with Crippen LogP contribution in [0.1, 0.15) is 18.4 Å². The average molecular weight is 235 g/mol. The molecule has 0 radical (unpaired) electrons. The Bertz CT molecular complexity index is 519. The smallest absolute Gasteiger partial charge is 0.235 e. The van der Waals surface area contributed by atoms with Crippen molar-refractivity contribution in [1.82, 2.24) is 0 Å². The zero-order chi connectivity index (χ0) is 11.9.